The van der Waals surface area contributed by atoms with Crippen LogP contribution in [0.4, 0.5) is 0 Å². The number of piperazine rings is 1. The van der Waals surface area contributed by atoms with Crippen LogP contribution in [0, 0.1) is 5.41 Å². The predicted octanol–water partition coefficient (Wildman–Crippen LogP) is 1.60. The van der Waals surface area contributed by atoms with E-state index in [4.69, 9.17) is 4.74 Å². The van der Waals surface area contributed by atoms with Gasteiger partial charge in [0, 0.05) is 54.5 Å². The van der Waals surface area contributed by atoms with Gasteiger partial charge in [-0.1, -0.05) is 6.58 Å². The lowest BCUT2D eigenvalue weighted by atomic mass is 10.1. The van der Waals surface area contributed by atoms with Crippen LogP contribution in [0.25, 0.3) is 0 Å². The third-order valence-electron chi connectivity index (χ3n) is 3.52. The van der Waals surface area contributed by atoms with Crippen LogP contribution in [0.3, 0.4) is 0 Å². The number of hydrogen-bond donors (Lipinski definition) is 1. The molecule has 1 N–H and O–H groups in total. The van der Waals surface area contributed by atoms with Gasteiger partial charge in [-0.25, -0.2) is 3.11 Å². The molecule has 0 amide bonds. The zero-order chi connectivity index (χ0) is 12.5. The number of hydrogen-bond acceptors (Lipinski definition) is 4. The topological polar surface area (TPSA) is 35.9 Å². The monoisotopic (exact) mass is 352 g/mol. The molecule has 98 valence electrons. The number of β-amino-alcohol motifs (C(OH)–C–C–N with tert-alkyl or cyclic N) is 1. The molecule has 5 heteroatoms. The Morgan fingerprint density at radius 2 is 2.24 bits per heavy atom. The van der Waals surface area contributed by atoms with E-state index in [1.807, 2.05) is 10.0 Å². The highest BCUT2D eigenvalue weighted by Crippen LogP contribution is 2.47. The molecule has 1 aliphatic heterocycles. The first-order chi connectivity index (χ1) is 8.01. The Hall–Kier alpha value is 0.150. The summed E-state index contributed by atoms with van der Waals surface area (Å²) in [5, 5.41) is 9.81. The zero-order valence-electron chi connectivity index (χ0n) is 10.4. The summed E-state index contributed by atoms with van der Waals surface area (Å²) in [5.41, 5.74) is 0.326. The van der Waals surface area contributed by atoms with Gasteiger partial charge in [0.2, 0.25) is 0 Å². The molecule has 2 fully saturated rings. The van der Waals surface area contributed by atoms with Crippen LogP contribution in [-0.2, 0) is 4.74 Å². The van der Waals surface area contributed by atoms with Crippen molar-refractivity contribution in [2.75, 3.05) is 32.8 Å². The molecule has 1 atom stereocenters. The van der Waals surface area contributed by atoms with Gasteiger partial charge in [0.25, 0.3) is 0 Å². The van der Waals surface area contributed by atoms with Crippen LogP contribution in [-0.4, -0.2) is 52.1 Å². The molecule has 0 aromatic heterocycles. The molecule has 4 nitrogen and oxygen atoms in total. The van der Waals surface area contributed by atoms with Gasteiger partial charge in [0.15, 0.2) is 0 Å². The number of allylic oxidation sites excluding steroid dienone is 1. The third kappa shape index (κ3) is 3.81. The zero-order valence-corrected chi connectivity index (χ0v) is 12.5. The first kappa shape index (κ1) is 13.6. The van der Waals surface area contributed by atoms with Crippen molar-refractivity contribution in [1.82, 2.24) is 8.01 Å². The second kappa shape index (κ2) is 5.42. The van der Waals surface area contributed by atoms with Crippen LogP contribution in [0.15, 0.2) is 12.3 Å². The van der Waals surface area contributed by atoms with Gasteiger partial charge in [-0.2, -0.15) is 0 Å². The lowest BCUT2D eigenvalue weighted by Crippen LogP contribution is -2.50. The van der Waals surface area contributed by atoms with Gasteiger partial charge >= 0.3 is 0 Å². The lowest BCUT2D eigenvalue weighted by Gasteiger charge is -2.37. The lowest BCUT2D eigenvalue weighted by molar-refractivity contribution is -0.00425. The maximum Gasteiger partial charge on any atom is 0.128 e. The van der Waals surface area contributed by atoms with Crippen molar-refractivity contribution in [3.05, 3.63) is 12.3 Å². The quantitative estimate of drug-likeness (QED) is 0.463. The summed E-state index contributed by atoms with van der Waals surface area (Å²) in [4.78, 5) is 2.36. The van der Waals surface area contributed by atoms with E-state index in [2.05, 4.69) is 34.3 Å². The van der Waals surface area contributed by atoms with Gasteiger partial charge in [0.1, 0.15) is 6.23 Å². The van der Waals surface area contributed by atoms with Gasteiger partial charge in [-0.15, -0.1) is 0 Å². The van der Waals surface area contributed by atoms with Crippen molar-refractivity contribution in [2.24, 2.45) is 5.41 Å². The number of aliphatic hydroxyl groups is 1. The van der Waals surface area contributed by atoms with E-state index in [9.17, 15) is 5.11 Å². The molecule has 0 aromatic carbocycles. The predicted molar refractivity (Wildman–Crippen MR) is 75.6 cm³/mol. The van der Waals surface area contributed by atoms with Gasteiger partial charge in [0.05, 0.1) is 12.4 Å². The first-order valence-corrected chi connectivity index (χ1v) is 7.08. The molecule has 17 heavy (non-hydrogen) atoms. The fourth-order valence-electron chi connectivity index (χ4n) is 2.22. The maximum atomic E-state index is 9.81. The van der Waals surface area contributed by atoms with Crippen LogP contribution in [0.5, 0.6) is 0 Å². The molecular weight excluding hydrogens is 331 g/mol. The fraction of sp³-hybridized carbons (Fsp3) is 0.833. The number of halogens is 1. The largest absolute Gasteiger partial charge is 0.498 e. The minimum absolute atomic E-state index is 0.326. The van der Waals surface area contributed by atoms with Crippen molar-refractivity contribution in [1.29, 1.82) is 0 Å². The summed E-state index contributed by atoms with van der Waals surface area (Å²) < 4.78 is 7.53. The SMILES string of the molecule is C=C(C)OCC1(CN2CCN(I)C(O)C2)CC1. The Bertz CT molecular complexity index is 294. The number of nitrogens with zero attached hydrogens (tertiary/aromatic N) is 2. The first-order valence-electron chi connectivity index (χ1n) is 6.12. The van der Waals surface area contributed by atoms with Crippen molar-refractivity contribution in [3.8, 4) is 0 Å². The molecule has 0 bridgehead atoms. The Balaban J connectivity index is 1.78. The summed E-state index contributed by atoms with van der Waals surface area (Å²) in [6.07, 6.45) is 2.14. The molecule has 0 aromatic rings. The summed E-state index contributed by atoms with van der Waals surface area (Å²) >= 11 is 2.19. The van der Waals surface area contributed by atoms with Crippen LogP contribution in [0.1, 0.15) is 19.8 Å². The van der Waals surface area contributed by atoms with Gasteiger partial charge < -0.3 is 9.84 Å². The Kier molecular flexibility index (Phi) is 4.33. The van der Waals surface area contributed by atoms with Crippen molar-refractivity contribution in [2.45, 2.75) is 26.0 Å². The van der Waals surface area contributed by atoms with Crippen LogP contribution in [0.2, 0.25) is 0 Å². The van der Waals surface area contributed by atoms with Crippen LogP contribution < -0.4 is 0 Å². The summed E-state index contributed by atoms with van der Waals surface area (Å²) in [7, 11) is 0. The second-order valence-electron chi connectivity index (χ2n) is 5.33. The molecule has 1 saturated heterocycles. The highest BCUT2D eigenvalue weighted by atomic mass is 127. The molecule has 1 aliphatic carbocycles. The molecule has 1 saturated carbocycles. The van der Waals surface area contributed by atoms with E-state index in [1.54, 1.807) is 0 Å². The smallest absolute Gasteiger partial charge is 0.128 e. The van der Waals surface area contributed by atoms with Gasteiger partial charge in [-0.3, -0.25) is 4.90 Å². The highest BCUT2D eigenvalue weighted by molar-refractivity contribution is 14.1. The molecule has 1 unspecified atom stereocenters. The highest BCUT2D eigenvalue weighted by Gasteiger charge is 2.45. The molecule has 0 radical (unpaired) electrons. The van der Waals surface area contributed by atoms with E-state index in [1.165, 1.54) is 12.8 Å². The van der Waals surface area contributed by atoms with E-state index in [-0.39, 0.29) is 6.23 Å². The van der Waals surface area contributed by atoms with Crippen molar-refractivity contribution >= 4 is 22.9 Å². The number of rotatable bonds is 5. The minimum Gasteiger partial charge on any atom is -0.498 e. The molecule has 1 heterocycles. The summed E-state index contributed by atoms with van der Waals surface area (Å²) in [6, 6.07) is 0. The van der Waals surface area contributed by atoms with Crippen LogP contribution >= 0.6 is 22.9 Å². The van der Waals surface area contributed by atoms with E-state index < -0.39 is 0 Å². The standard InChI is InChI=1S/C12H21IN2O2/c1-10(2)17-9-12(3-4-12)8-14-5-6-15(13)11(16)7-14/h11,16H,1,3-9H2,2H3. The third-order valence-corrected chi connectivity index (χ3v) is 4.64. The second-order valence-corrected chi connectivity index (χ2v) is 6.57. The van der Waals surface area contributed by atoms with Crippen molar-refractivity contribution in [3.63, 3.8) is 0 Å². The maximum absolute atomic E-state index is 9.81. The minimum atomic E-state index is -0.331. The Morgan fingerprint density at radius 1 is 1.53 bits per heavy atom. The number of ether oxygens (including phenoxy) is 1. The number of aliphatic hydroxyl groups excluding tert-OH is 1. The Labute approximate surface area is 117 Å². The average Bonchev–Trinajstić information content (AvgIpc) is 3.02. The van der Waals surface area contributed by atoms with Gasteiger partial charge in [-0.05, 0) is 19.8 Å². The van der Waals surface area contributed by atoms with E-state index in [0.29, 0.717) is 5.41 Å². The molecule has 2 aliphatic rings. The molecule has 2 rings (SSSR count). The molecular formula is C12H21IN2O2. The van der Waals surface area contributed by atoms with Crippen molar-refractivity contribution < 1.29 is 9.84 Å². The normalized spacial score (nSPS) is 29.0. The Morgan fingerprint density at radius 3 is 2.76 bits per heavy atom. The fourth-order valence-corrected chi connectivity index (χ4v) is 2.61. The van der Waals surface area contributed by atoms with E-state index >= 15 is 0 Å². The summed E-state index contributed by atoms with van der Waals surface area (Å²) in [6.45, 7) is 10.2. The summed E-state index contributed by atoms with van der Waals surface area (Å²) in [5.74, 6) is 0.799. The molecule has 0 spiro atoms. The average molecular weight is 352 g/mol. The van der Waals surface area contributed by atoms with E-state index in [0.717, 1.165) is 38.5 Å².